The van der Waals surface area contributed by atoms with Crippen molar-refractivity contribution in [1.82, 2.24) is 9.62 Å². The van der Waals surface area contributed by atoms with Crippen molar-refractivity contribution < 1.29 is 17.6 Å². The van der Waals surface area contributed by atoms with Crippen molar-refractivity contribution in [2.75, 3.05) is 31.2 Å². The molecule has 23 heavy (non-hydrogen) atoms. The Balaban J connectivity index is 2.27. The molecule has 128 valence electrons. The average molecular weight is 343 g/mol. The number of nitrogens with zero attached hydrogens (tertiary/aromatic N) is 1. The molecule has 1 heterocycles. The van der Waals surface area contributed by atoms with Crippen molar-refractivity contribution in [3.05, 3.63) is 30.1 Å². The smallest absolute Gasteiger partial charge is 0.246 e. The summed E-state index contributed by atoms with van der Waals surface area (Å²) in [6, 6.07) is 5.78. The second-order valence-electron chi connectivity index (χ2n) is 5.70. The molecule has 0 aliphatic carbocycles. The largest absolute Gasteiger partial charge is 0.370 e. The molecular weight excluding hydrogens is 321 g/mol. The highest BCUT2D eigenvalue weighted by atomic mass is 32.2. The van der Waals surface area contributed by atoms with Gasteiger partial charge in [0, 0.05) is 25.8 Å². The van der Waals surface area contributed by atoms with Crippen LogP contribution in [-0.4, -0.2) is 50.1 Å². The molecule has 1 unspecified atom stereocenters. The van der Waals surface area contributed by atoms with Gasteiger partial charge in [0.2, 0.25) is 15.9 Å². The van der Waals surface area contributed by atoms with Crippen LogP contribution in [0.4, 0.5) is 10.1 Å². The molecule has 0 bridgehead atoms. The van der Waals surface area contributed by atoms with E-state index in [1.165, 1.54) is 29.6 Å². The molecule has 2 N–H and O–H groups in total. The molecule has 0 aromatic heterocycles. The van der Waals surface area contributed by atoms with Crippen molar-refractivity contribution in [3.63, 3.8) is 0 Å². The number of carbonyl (C=O) groups is 1. The topological polar surface area (TPSA) is 78.5 Å². The van der Waals surface area contributed by atoms with E-state index in [1.807, 2.05) is 0 Å². The number of sulfonamides is 1. The summed E-state index contributed by atoms with van der Waals surface area (Å²) < 4.78 is 39.2. The molecule has 6 nitrogen and oxygen atoms in total. The van der Waals surface area contributed by atoms with E-state index in [2.05, 4.69) is 10.6 Å². The Kier molecular flexibility index (Phi) is 5.26. The third kappa shape index (κ3) is 3.81. The maximum Gasteiger partial charge on any atom is 0.246 e. The number of amides is 1. The lowest BCUT2D eigenvalue weighted by molar-refractivity contribution is -0.124. The summed E-state index contributed by atoms with van der Waals surface area (Å²) in [6.07, 6.45) is 0.843. The highest BCUT2D eigenvalue weighted by Gasteiger charge is 2.47. The van der Waals surface area contributed by atoms with Crippen LogP contribution in [0, 0.1) is 5.82 Å². The molecule has 8 heteroatoms. The van der Waals surface area contributed by atoms with Crippen LogP contribution in [0.2, 0.25) is 0 Å². The van der Waals surface area contributed by atoms with E-state index < -0.39 is 21.4 Å². The van der Waals surface area contributed by atoms with Crippen LogP contribution in [0.5, 0.6) is 0 Å². The maximum absolute atomic E-state index is 13.4. The lowest BCUT2D eigenvalue weighted by Crippen LogP contribution is -2.54. The van der Waals surface area contributed by atoms with Crippen molar-refractivity contribution in [1.29, 1.82) is 0 Å². The summed E-state index contributed by atoms with van der Waals surface area (Å²) in [6.45, 7) is 2.09. The second kappa shape index (κ2) is 6.84. The molecule has 1 atom stereocenters. The number of halogens is 1. The number of likely N-dealkylation sites (N-methyl/N-ethyl adjacent to an activating group) is 1. The van der Waals surface area contributed by atoms with Crippen molar-refractivity contribution in [2.24, 2.45) is 0 Å². The molecule has 2 rings (SSSR count). The van der Waals surface area contributed by atoms with E-state index in [1.54, 1.807) is 13.0 Å². The third-order valence-electron chi connectivity index (χ3n) is 3.96. The van der Waals surface area contributed by atoms with Crippen molar-refractivity contribution in [3.8, 4) is 0 Å². The summed E-state index contributed by atoms with van der Waals surface area (Å²) in [5.74, 6) is -0.678. The molecule has 1 aromatic rings. The van der Waals surface area contributed by atoms with Crippen LogP contribution in [0.1, 0.15) is 19.8 Å². The molecule has 0 radical (unpaired) electrons. The van der Waals surface area contributed by atoms with E-state index in [0.29, 0.717) is 18.5 Å². The monoisotopic (exact) mass is 343 g/mol. The van der Waals surface area contributed by atoms with E-state index >= 15 is 0 Å². The predicted molar refractivity (Wildman–Crippen MR) is 87.1 cm³/mol. The average Bonchev–Trinajstić information content (AvgIpc) is 2.92. The first-order valence-electron chi connectivity index (χ1n) is 7.57. The second-order valence-corrected chi connectivity index (χ2v) is 7.78. The van der Waals surface area contributed by atoms with Crippen LogP contribution in [0.3, 0.4) is 0 Å². The van der Waals surface area contributed by atoms with Gasteiger partial charge in [-0.2, -0.15) is 4.31 Å². The van der Waals surface area contributed by atoms with Gasteiger partial charge < -0.3 is 10.6 Å². The minimum atomic E-state index is -3.38. The lowest BCUT2D eigenvalue weighted by Gasteiger charge is -2.29. The summed E-state index contributed by atoms with van der Waals surface area (Å²) >= 11 is 0. The zero-order chi connectivity index (χ0) is 17.1. The first kappa shape index (κ1) is 17.7. The molecule has 0 spiro atoms. The highest BCUT2D eigenvalue weighted by molar-refractivity contribution is 7.89. The number of rotatable bonds is 6. The first-order chi connectivity index (χ1) is 10.8. The summed E-state index contributed by atoms with van der Waals surface area (Å²) in [5, 5.41) is 5.60. The Morgan fingerprint density at radius 1 is 1.43 bits per heavy atom. The Bertz CT molecular complexity index is 680. The number of carbonyl (C=O) groups excluding carboxylic acids is 1. The van der Waals surface area contributed by atoms with Gasteiger partial charge in [-0.25, -0.2) is 12.8 Å². The zero-order valence-electron chi connectivity index (χ0n) is 13.3. The third-order valence-corrected chi connectivity index (χ3v) is 5.98. The molecule has 1 aromatic carbocycles. The van der Waals surface area contributed by atoms with Crippen LogP contribution in [0.25, 0.3) is 0 Å². The molecule has 1 amide bonds. The fraction of sp³-hybridized carbons (Fsp3) is 0.533. The fourth-order valence-corrected chi connectivity index (χ4v) is 4.39. The molecule has 1 fully saturated rings. The Morgan fingerprint density at radius 2 is 2.17 bits per heavy atom. The number of nitrogens with one attached hydrogen (secondary N) is 2. The van der Waals surface area contributed by atoms with Crippen LogP contribution < -0.4 is 10.6 Å². The first-order valence-corrected chi connectivity index (χ1v) is 9.17. The van der Waals surface area contributed by atoms with Gasteiger partial charge in [-0.3, -0.25) is 4.79 Å². The fourth-order valence-electron chi connectivity index (χ4n) is 2.83. The van der Waals surface area contributed by atoms with Gasteiger partial charge in [0.15, 0.2) is 0 Å². The van der Waals surface area contributed by atoms with Gasteiger partial charge in [-0.15, -0.1) is 0 Å². The molecular formula is C15H22FN3O3S. The minimum Gasteiger partial charge on any atom is -0.370 e. The highest BCUT2D eigenvalue weighted by Crippen LogP contribution is 2.29. The lowest BCUT2D eigenvalue weighted by atomic mass is 9.97. The van der Waals surface area contributed by atoms with Crippen molar-refractivity contribution >= 4 is 21.6 Å². The van der Waals surface area contributed by atoms with Crippen LogP contribution >= 0.6 is 0 Å². The van der Waals surface area contributed by atoms with Gasteiger partial charge in [0.1, 0.15) is 11.4 Å². The van der Waals surface area contributed by atoms with Gasteiger partial charge in [0.05, 0.1) is 5.75 Å². The van der Waals surface area contributed by atoms with E-state index in [0.717, 1.165) is 0 Å². The number of hydrogen-bond acceptors (Lipinski definition) is 4. The molecule has 1 saturated heterocycles. The number of benzene rings is 1. The Morgan fingerprint density at radius 3 is 2.78 bits per heavy atom. The van der Waals surface area contributed by atoms with Gasteiger partial charge in [-0.1, -0.05) is 13.0 Å². The van der Waals surface area contributed by atoms with Crippen molar-refractivity contribution in [2.45, 2.75) is 25.3 Å². The number of hydrogen-bond donors (Lipinski definition) is 2. The Labute approximate surface area is 136 Å². The normalized spacial score (nSPS) is 22.0. The molecule has 1 aliphatic heterocycles. The van der Waals surface area contributed by atoms with Crippen LogP contribution in [-0.2, 0) is 14.8 Å². The number of anilines is 1. The standard InChI is InChI=1S/C15H22FN3O3S/c1-3-9-23(21,22)19-8-7-15(11-19,14(20)17-2)18-13-6-4-5-12(16)10-13/h4-6,10,18H,3,7-9,11H2,1-2H3,(H,17,20). The molecule has 1 aliphatic rings. The summed E-state index contributed by atoms with van der Waals surface area (Å²) in [7, 11) is -1.88. The van der Waals surface area contributed by atoms with E-state index in [4.69, 9.17) is 0 Å². The summed E-state index contributed by atoms with van der Waals surface area (Å²) in [5.41, 5.74) is -0.646. The van der Waals surface area contributed by atoms with Gasteiger partial charge in [0.25, 0.3) is 0 Å². The van der Waals surface area contributed by atoms with Crippen LogP contribution in [0.15, 0.2) is 24.3 Å². The Hall–Kier alpha value is -1.67. The predicted octanol–water partition coefficient (Wildman–Crippen LogP) is 1.17. The van der Waals surface area contributed by atoms with Gasteiger partial charge >= 0.3 is 0 Å². The SMILES string of the molecule is CCCS(=O)(=O)N1CCC(Nc2cccc(F)c2)(C(=O)NC)C1. The quantitative estimate of drug-likeness (QED) is 0.813. The maximum atomic E-state index is 13.4. The summed E-state index contributed by atoms with van der Waals surface area (Å²) in [4.78, 5) is 12.4. The van der Waals surface area contributed by atoms with E-state index in [-0.39, 0.29) is 24.7 Å². The van der Waals surface area contributed by atoms with E-state index in [9.17, 15) is 17.6 Å². The zero-order valence-corrected chi connectivity index (χ0v) is 14.1. The van der Waals surface area contributed by atoms with Gasteiger partial charge in [-0.05, 0) is 31.0 Å². The molecule has 0 saturated carbocycles. The minimum absolute atomic E-state index is 0.0333.